The predicted octanol–water partition coefficient (Wildman–Crippen LogP) is -6.40. The van der Waals surface area contributed by atoms with Gasteiger partial charge in [-0.15, -0.1) is 0 Å². The van der Waals surface area contributed by atoms with Crippen LogP contribution in [-0.2, 0) is 19.7 Å². The van der Waals surface area contributed by atoms with Gasteiger partial charge in [0.2, 0.25) is 0 Å². The smallest absolute Gasteiger partial charge is 0.747 e. The summed E-state index contributed by atoms with van der Waals surface area (Å²) in [4.78, 5) is 21.9. The van der Waals surface area contributed by atoms with E-state index in [-0.39, 0.29) is 95.1 Å². The maximum atomic E-state index is 11.3. The average Bonchev–Trinajstić information content (AvgIpc) is 2.65. The third-order valence-corrected chi connectivity index (χ3v) is 6.85. The van der Waals surface area contributed by atoms with Crippen molar-refractivity contribution in [3.8, 4) is 0 Å². The van der Waals surface area contributed by atoms with E-state index in [4.69, 9.17) is 0 Å². The van der Waals surface area contributed by atoms with E-state index in [0.29, 0.717) is 6.42 Å². The van der Waals surface area contributed by atoms with Crippen LogP contribution in [0.1, 0.15) is 110 Å². The molecule has 176 valence electrons. The molecular formula is C22H37Na3O7S. The summed E-state index contributed by atoms with van der Waals surface area (Å²) in [6.07, 6.45) is 16.8. The van der Waals surface area contributed by atoms with E-state index in [1.54, 1.807) is 0 Å². The molecule has 0 rings (SSSR count). The SMILES string of the molecule is CCCCCCCC/C=C\CCCCCCCCC(CC(=O)[O-])(C(=O)[O-])S(=O)(=O)[O-].[Na+].[Na+].[Na+]. The van der Waals surface area contributed by atoms with Gasteiger partial charge in [-0.1, -0.05) is 83.3 Å². The van der Waals surface area contributed by atoms with Crippen LogP contribution < -0.4 is 98.9 Å². The van der Waals surface area contributed by atoms with Gasteiger partial charge in [-0.3, -0.25) is 0 Å². The third-order valence-electron chi connectivity index (χ3n) is 5.37. The first-order chi connectivity index (χ1) is 14.2. The van der Waals surface area contributed by atoms with E-state index in [1.165, 1.54) is 38.5 Å². The summed E-state index contributed by atoms with van der Waals surface area (Å²) in [5.74, 6) is -4.07. The maximum Gasteiger partial charge on any atom is 1.00 e. The van der Waals surface area contributed by atoms with Gasteiger partial charge in [-0.25, -0.2) is 8.42 Å². The Hall–Kier alpha value is 1.59. The normalized spacial score (nSPS) is 12.8. The van der Waals surface area contributed by atoms with Crippen molar-refractivity contribution in [3.05, 3.63) is 12.2 Å². The van der Waals surface area contributed by atoms with Crippen LogP contribution in [0.15, 0.2) is 12.2 Å². The van der Waals surface area contributed by atoms with Gasteiger partial charge in [0.15, 0.2) is 0 Å². The monoisotopic (exact) mass is 514 g/mol. The molecular weight excluding hydrogens is 477 g/mol. The molecule has 0 radical (unpaired) electrons. The van der Waals surface area contributed by atoms with Crippen LogP contribution in [0, 0.1) is 0 Å². The number of carbonyl (C=O) groups is 2. The molecule has 0 saturated carbocycles. The zero-order valence-electron chi connectivity index (χ0n) is 21.2. The molecule has 7 nitrogen and oxygen atoms in total. The van der Waals surface area contributed by atoms with Crippen molar-refractivity contribution in [2.75, 3.05) is 0 Å². The zero-order valence-corrected chi connectivity index (χ0v) is 28.1. The molecule has 0 aromatic heterocycles. The second-order valence-corrected chi connectivity index (χ2v) is 9.66. The third kappa shape index (κ3) is 20.3. The van der Waals surface area contributed by atoms with Crippen molar-refractivity contribution in [3.63, 3.8) is 0 Å². The topological polar surface area (TPSA) is 137 Å². The molecule has 0 fully saturated rings. The van der Waals surface area contributed by atoms with Crippen molar-refractivity contribution in [1.82, 2.24) is 0 Å². The number of carboxylic acid groups (broad SMARTS) is 2. The molecule has 11 heteroatoms. The van der Waals surface area contributed by atoms with E-state index >= 15 is 0 Å². The zero-order chi connectivity index (χ0) is 22.9. The van der Waals surface area contributed by atoms with E-state index in [9.17, 15) is 32.8 Å². The number of rotatable bonds is 20. The summed E-state index contributed by atoms with van der Waals surface area (Å²) in [5, 5.41) is 21.9. The van der Waals surface area contributed by atoms with Gasteiger partial charge in [0.1, 0.15) is 14.9 Å². The van der Waals surface area contributed by atoms with Crippen LogP contribution in [0.5, 0.6) is 0 Å². The summed E-state index contributed by atoms with van der Waals surface area (Å²) in [6, 6.07) is 0. The first-order valence-corrected chi connectivity index (χ1v) is 12.6. The fraction of sp³-hybridized carbons (Fsp3) is 0.818. The molecule has 0 spiro atoms. The predicted molar refractivity (Wildman–Crippen MR) is 111 cm³/mol. The summed E-state index contributed by atoms with van der Waals surface area (Å²) in [5.41, 5.74) is 0. The molecule has 0 aliphatic rings. The second kappa shape index (κ2) is 25.2. The Morgan fingerprint density at radius 3 is 1.48 bits per heavy atom. The number of hydrogen-bond donors (Lipinski definition) is 0. The molecule has 0 bridgehead atoms. The molecule has 0 amide bonds. The Morgan fingerprint density at radius 2 is 1.12 bits per heavy atom. The Bertz CT molecular complexity index is 627. The summed E-state index contributed by atoms with van der Waals surface area (Å²) in [6.45, 7) is 2.21. The summed E-state index contributed by atoms with van der Waals surface area (Å²) in [7, 11) is -5.38. The van der Waals surface area contributed by atoms with Crippen LogP contribution >= 0.6 is 0 Å². The van der Waals surface area contributed by atoms with Crippen LogP contribution in [0.2, 0.25) is 0 Å². The minimum absolute atomic E-state index is 0. The number of carbonyl (C=O) groups excluding carboxylic acids is 2. The van der Waals surface area contributed by atoms with Crippen molar-refractivity contribution < 1.29 is 121 Å². The van der Waals surface area contributed by atoms with Crippen LogP contribution in [-0.4, -0.2) is 29.7 Å². The first-order valence-electron chi connectivity index (χ1n) is 11.2. The fourth-order valence-corrected chi connectivity index (χ4v) is 4.36. The standard InChI is InChI=1S/C22H40O7S.3Na/c1-2-3-4-5-6-7-8-9-10-11-12-13-14-15-16-17-18-22(21(25)26,19-20(23)24)30(27,28)29;;;/h9-10H,2-8,11-19H2,1H3,(H,23,24)(H,25,26)(H,27,28,29);;;/q;3*+1/p-3/b10-9-;;;. The second-order valence-electron chi connectivity index (χ2n) is 7.97. The van der Waals surface area contributed by atoms with Gasteiger partial charge < -0.3 is 24.4 Å². The fourth-order valence-electron chi connectivity index (χ4n) is 3.47. The van der Waals surface area contributed by atoms with E-state index in [0.717, 1.165) is 38.5 Å². The quantitative estimate of drug-likeness (QED) is 0.0682. The van der Waals surface area contributed by atoms with E-state index < -0.39 is 39.6 Å². The van der Waals surface area contributed by atoms with Gasteiger partial charge in [0, 0.05) is 12.4 Å². The molecule has 0 aliphatic heterocycles. The van der Waals surface area contributed by atoms with Crippen molar-refractivity contribution in [2.45, 2.75) is 114 Å². The van der Waals surface area contributed by atoms with Gasteiger partial charge in [0.25, 0.3) is 0 Å². The first kappa shape index (κ1) is 41.7. The Morgan fingerprint density at radius 1 is 0.727 bits per heavy atom. The van der Waals surface area contributed by atoms with E-state index in [1.807, 2.05) is 0 Å². The molecule has 33 heavy (non-hydrogen) atoms. The molecule has 0 aromatic rings. The molecule has 0 aromatic carbocycles. The van der Waals surface area contributed by atoms with Crippen molar-refractivity contribution in [1.29, 1.82) is 0 Å². The number of allylic oxidation sites excluding steroid dienone is 2. The minimum Gasteiger partial charge on any atom is -0.747 e. The minimum atomic E-state index is -5.38. The van der Waals surface area contributed by atoms with Gasteiger partial charge in [-0.05, 0) is 32.1 Å². The number of hydrogen-bond acceptors (Lipinski definition) is 7. The number of aliphatic carboxylic acids is 2. The van der Waals surface area contributed by atoms with Gasteiger partial charge >= 0.3 is 88.7 Å². The number of carboxylic acids is 2. The van der Waals surface area contributed by atoms with Crippen LogP contribution in [0.25, 0.3) is 0 Å². The average molecular weight is 515 g/mol. The molecule has 0 saturated heterocycles. The largest absolute Gasteiger partial charge is 1.00 e. The Kier molecular flexibility index (Phi) is 31.9. The summed E-state index contributed by atoms with van der Waals surface area (Å²) < 4.78 is 31.1. The van der Waals surface area contributed by atoms with Crippen molar-refractivity contribution in [2.24, 2.45) is 0 Å². The number of unbranched alkanes of at least 4 members (excludes halogenated alkanes) is 12. The Labute approximate surface area is 266 Å². The van der Waals surface area contributed by atoms with Crippen LogP contribution in [0.4, 0.5) is 0 Å². The molecule has 0 aliphatic carbocycles. The van der Waals surface area contributed by atoms with Gasteiger partial charge in [-0.2, -0.15) is 0 Å². The summed E-state index contributed by atoms with van der Waals surface area (Å²) >= 11 is 0. The van der Waals surface area contributed by atoms with Gasteiger partial charge in [0.05, 0.1) is 5.97 Å². The molecule has 0 N–H and O–H groups in total. The van der Waals surface area contributed by atoms with Crippen LogP contribution in [0.3, 0.4) is 0 Å². The Balaban J connectivity index is -0.00000140. The molecule has 1 atom stereocenters. The molecule has 0 heterocycles. The maximum absolute atomic E-state index is 11.3. The van der Waals surface area contributed by atoms with E-state index in [2.05, 4.69) is 19.1 Å². The molecule has 1 unspecified atom stereocenters. The van der Waals surface area contributed by atoms with Crippen molar-refractivity contribution >= 4 is 22.1 Å².